The maximum atomic E-state index is 5.35. The Bertz CT molecular complexity index is 630. The summed E-state index contributed by atoms with van der Waals surface area (Å²) in [5.41, 5.74) is 0. The first-order valence-electron chi connectivity index (χ1n) is 7.93. The van der Waals surface area contributed by atoms with Crippen LogP contribution in [-0.2, 0) is 11.3 Å². The van der Waals surface area contributed by atoms with E-state index in [0.717, 1.165) is 44.1 Å². The molecule has 1 aliphatic heterocycles. The average Bonchev–Trinajstić information content (AvgIpc) is 3.08. The monoisotopic (exact) mass is 317 g/mol. The molecule has 1 aliphatic rings. The first-order valence-corrected chi connectivity index (χ1v) is 7.93. The van der Waals surface area contributed by atoms with E-state index in [2.05, 4.69) is 24.4 Å². The molecule has 0 unspecified atom stereocenters. The standard InChI is InChI=1S/C16H23N5O2/c1-22-11-10-20-9-7-18-14(20)13-4-3-8-21(12-13)15-16(23-2)19-6-5-17-15/h5-7,9,13H,3-4,8,10-12H2,1-2H3/t13-/m0/s1. The van der Waals surface area contributed by atoms with E-state index in [4.69, 9.17) is 9.47 Å². The first kappa shape index (κ1) is 15.7. The van der Waals surface area contributed by atoms with Crippen LogP contribution in [0.25, 0.3) is 0 Å². The minimum atomic E-state index is 0.377. The number of hydrogen-bond donors (Lipinski definition) is 0. The summed E-state index contributed by atoms with van der Waals surface area (Å²) in [6.07, 6.45) is 9.48. The Kier molecular flexibility index (Phi) is 5.07. The Morgan fingerprint density at radius 3 is 2.87 bits per heavy atom. The number of methoxy groups -OCH3 is 2. The van der Waals surface area contributed by atoms with Crippen LogP contribution in [0.4, 0.5) is 5.82 Å². The van der Waals surface area contributed by atoms with Crippen LogP contribution in [0.3, 0.4) is 0 Å². The predicted octanol–water partition coefficient (Wildman–Crippen LogP) is 1.71. The van der Waals surface area contributed by atoms with Gasteiger partial charge in [0, 0.05) is 57.4 Å². The molecular weight excluding hydrogens is 294 g/mol. The highest BCUT2D eigenvalue weighted by Crippen LogP contribution is 2.31. The molecule has 0 aliphatic carbocycles. The zero-order valence-corrected chi connectivity index (χ0v) is 13.7. The summed E-state index contributed by atoms with van der Waals surface area (Å²) in [7, 11) is 3.35. The van der Waals surface area contributed by atoms with Crippen molar-refractivity contribution in [1.29, 1.82) is 0 Å². The summed E-state index contributed by atoms with van der Waals surface area (Å²) < 4.78 is 12.7. The molecule has 23 heavy (non-hydrogen) atoms. The molecule has 2 aromatic rings. The highest BCUT2D eigenvalue weighted by molar-refractivity contribution is 5.48. The molecule has 3 rings (SSSR count). The van der Waals surface area contributed by atoms with Gasteiger partial charge in [0.1, 0.15) is 5.82 Å². The van der Waals surface area contributed by atoms with E-state index in [-0.39, 0.29) is 0 Å². The van der Waals surface area contributed by atoms with Crippen molar-refractivity contribution in [1.82, 2.24) is 19.5 Å². The normalized spacial score (nSPS) is 18.2. The van der Waals surface area contributed by atoms with Crippen molar-refractivity contribution < 1.29 is 9.47 Å². The molecular formula is C16H23N5O2. The van der Waals surface area contributed by atoms with Gasteiger partial charge < -0.3 is 18.9 Å². The largest absolute Gasteiger partial charge is 0.478 e. The molecule has 0 radical (unpaired) electrons. The summed E-state index contributed by atoms with van der Waals surface area (Å²) in [6, 6.07) is 0. The maximum absolute atomic E-state index is 5.35. The van der Waals surface area contributed by atoms with Gasteiger partial charge in [-0.25, -0.2) is 15.0 Å². The third-order valence-corrected chi connectivity index (χ3v) is 4.21. The number of ether oxygens (including phenoxy) is 2. The summed E-state index contributed by atoms with van der Waals surface area (Å²) in [5.74, 6) is 2.89. The molecule has 7 heteroatoms. The van der Waals surface area contributed by atoms with Crippen molar-refractivity contribution in [3.63, 3.8) is 0 Å². The highest BCUT2D eigenvalue weighted by Gasteiger charge is 2.27. The van der Waals surface area contributed by atoms with Crippen LogP contribution in [-0.4, -0.2) is 53.4 Å². The van der Waals surface area contributed by atoms with Gasteiger partial charge in [0.25, 0.3) is 5.88 Å². The van der Waals surface area contributed by atoms with Gasteiger partial charge >= 0.3 is 0 Å². The second kappa shape index (κ2) is 7.41. The minimum absolute atomic E-state index is 0.377. The lowest BCUT2D eigenvalue weighted by molar-refractivity contribution is 0.185. The topological polar surface area (TPSA) is 65.3 Å². The fraction of sp³-hybridized carbons (Fsp3) is 0.562. The van der Waals surface area contributed by atoms with E-state index in [9.17, 15) is 0 Å². The first-order chi connectivity index (χ1) is 11.3. The van der Waals surface area contributed by atoms with Crippen LogP contribution in [0, 0.1) is 0 Å². The number of aromatic nitrogens is 4. The lowest BCUT2D eigenvalue weighted by Gasteiger charge is -2.33. The molecule has 1 atom stereocenters. The molecule has 0 spiro atoms. The van der Waals surface area contributed by atoms with E-state index in [1.165, 1.54) is 0 Å². The Balaban J connectivity index is 1.77. The van der Waals surface area contributed by atoms with Crippen molar-refractivity contribution in [2.24, 2.45) is 0 Å². The number of hydrogen-bond acceptors (Lipinski definition) is 6. The Labute approximate surface area is 136 Å². The second-order valence-corrected chi connectivity index (χ2v) is 5.65. The van der Waals surface area contributed by atoms with Gasteiger partial charge in [0.2, 0.25) is 0 Å². The van der Waals surface area contributed by atoms with Crippen LogP contribution in [0.15, 0.2) is 24.8 Å². The van der Waals surface area contributed by atoms with Gasteiger partial charge in [0.05, 0.1) is 13.7 Å². The van der Waals surface area contributed by atoms with E-state index >= 15 is 0 Å². The molecule has 7 nitrogen and oxygen atoms in total. The average molecular weight is 317 g/mol. The van der Waals surface area contributed by atoms with Crippen LogP contribution >= 0.6 is 0 Å². The molecule has 0 bridgehead atoms. The van der Waals surface area contributed by atoms with Crippen LogP contribution < -0.4 is 9.64 Å². The molecule has 124 valence electrons. The number of piperidine rings is 1. The SMILES string of the molecule is COCCn1ccnc1[C@H]1CCCN(c2nccnc2OC)C1. The van der Waals surface area contributed by atoms with E-state index in [1.54, 1.807) is 26.6 Å². The van der Waals surface area contributed by atoms with Crippen molar-refractivity contribution >= 4 is 5.82 Å². The third-order valence-electron chi connectivity index (χ3n) is 4.21. The van der Waals surface area contributed by atoms with E-state index in [0.29, 0.717) is 18.4 Å². The molecule has 0 amide bonds. The van der Waals surface area contributed by atoms with Gasteiger partial charge in [-0.2, -0.15) is 0 Å². The summed E-state index contributed by atoms with van der Waals surface area (Å²) >= 11 is 0. The second-order valence-electron chi connectivity index (χ2n) is 5.65. The van der Waals surface area contributed by atoms with Crippen molar-refractivity contribution in [3.05, 3.63) is 30.6 Å². The summed E-state index contributed by atoms with van der Waals surface area (Å²) in [5, 5.41) is 0. The molecule has 3 heterocycles. The zero-order chi connectivity index (χ0) is 16.1. The van der Waals surface area contributed by atoms with Crippen LogP contribution in [0.1, 0.15) is 24.6 Å². The molecule has 0 N–H and O–H groups in total. The van der Waals surface area contributed by atoms with Gasteiger partial charge in [-0.15, -0.1) is 0 Å². The number of imidazole rings is 1. The predicted molar refractivity (Wildman–Crippen MR) is 86.9 cm³/mol. The fourth-order valence-electron chi connectivity index (χ4n) is 3.12. The number of nitrogens with zero attached hydrogens (tertiary/aromatic N) is 5. The smallest absolute Gasteiger partial charge is 0.257 e. The number of rotatable bonds is 6. The summed E-state index contributed by atoms with van der Waals surface area (Å²) in [6.45, 7) is 3.36. The van der Waals surface area contributed by atoms with E-state index < -0.39 is 0 Å². The van der Waals surface area contributed by atoms with Gasteiger partial charge in [-0.05, 0) is 12.8 Å². The molecule has 2 aromatic heterocycles. The van der Waals surface area contributed by atoms with Crippen LogP contribution in [0.2, 0.25) is 0 Å². The van der Waals surface area contributed by atoms with Crippen molar-refractivity contribution in [3.8, 4) is 5.88 Å². The zero-order valence-electron chi connectivity index (χ0n) is 13.7. The number of anilines is 1. The lowest BCUT2D eigenvalue weighted by atomic mass is 9.97. The van der Waals surface area contributed by atoms with Crippen LogP contribution in [0.5, 0.6) is 5.88 Å². The van der Waals surface area contributed by atoms with Crippen molar-refractivity contribution in [2.75, 3.05) is 38.8 Å². The lowest BCUT2D eigenvalue weighted by Crippen LogP contribution is -2.36. The van der Waals surface area contributed by atoms with Gasteiger partial charge in [-0.1, -0.05) is 0 Å². The summed E-state index contributed by atoms with van der Waals surface area (Å²) in [4.78, 5) is 15.5. The minimum Gasteiger partial charge on any atom is -0.478 e. The Morgan fingerprint density at radius 2 is 2.04 bits per heavy atom. The third kappa shape index (κ3) is 3.44. The molecule has 1 saturated heterocycles. The van der Waals surface area contributed by atoms with Gasteiger partial charge in [0.15, 0.2) is 5.82 Å². The Hall–Kier alpha value is -2.15. The molecule has 0 saturated carbocycles. The fourth-order valence-corrected chi connectivity index (χ4v) is 3.12. The van der Waals surface area contributed by atoms with E-state index in [1.807, 2.05) is 12.4 Å². The maximum Gasteiger partial charge on any atom is 0.257 e. The van der Waals surface area contributed by atoms with Gasteiger partial charge in [-0.3, -0.25) is 0 Å². The Morgan fingerprint density at radius 1 is 1.17 bits per heavy atom. The molecule has 1 fully saturated rings. The van der Waals surface area contributed by atoms with Crippen molar-refractivity contribution in [2.45, 2.75) is 25.3 Å². The molecule has 0 aromatic carbocycles. The quantitative estimate of drug-likeness (QED) is 0.808. The highest BCUT2D eigenvalue weighted by atomic mass is 16.5.